The Kier molecular flexibility index (Phi) is 7.11. The van der Waals surface area contributed by atoms with Crippen LogP contribution in [0.4, 0.5) is 5.69 Å². The molecule has 0 saturated heterocycles. The van der Waals surface area contributed by atoms with E-state index in [0.717, 1.165) is 11.8 Å². The van der Waals surface area contributed by atoms with Gasteiger partial charge in [-0.15, -0.1) is 0 Å². The number of phenolic OH excluding ortho intramolecular Hbond substituents is 1. The van der Waals surface area contributed by atoms with E-state index in [1.807, 2.05) is 30.3 Å². The van der Waals surface area contributed by atoms with Crippen molar-refractivity contribution in [3.05, 3.63) is 89.5 Å². The van der Waals surface area contributed by atoms with Gasteiger partial charge in [-0.3, -0.25) is 9.10 Å². The molecule has 0 fully saturated rings. The quantitative estimate of drug-likeness (QED) is 0.402. The number of carbonyl (C=O) groups excluding carboxylic acids is 1. The number of rotatable bonds is 8. The summed E-state index contributed by atoms with van der Waals surface area (Å²) in [6.45, 7) is 0.186. The van der Waals surface area contributed by atoms with E-state index in [1.165, 1.54) is 35.8 Å². The highest BCUT2D eigenvalue weighted by molar-refractivity contribution is 7.92. The lowest BCUT2D eigenvalue weighted by atomic mass is 10.2. The number of methoxy groups -OCH3 is 1. The van der Waals surface area contributed by atoms with Crippen molar-refractivity contribution in [2.45, 2.75) is 6.54 Å². The molecule has 9 heteroatoms. The zero-order valence-corrected chi connectivity index (χ0v) is 18.4. The summed E-state index contributed by atoms with van der Waals surface area (Å²) < 4.78 is 30.9. The van der Waals surface area contributed by atoms with E-state index >= 15 is 0 Å². The number of hydrogen-bond acceptors (Lipinski definition) is 6. The van der Waals surface area contributed by atoms with Gasteiger partial charge < -0.3 is 9.84 Å². The van der Waals surface area contributed by atoms with Crippen LogP contribution in [0.5, 0.6) is 11.5 Å². The average Bonchev–Trinajstić information content (AvgIpc) is 2.78. The maximum Gasteiger partial charge on any atom is 0.271 e. The van der Waals surface area contributed by atoms with Gasteiger partial charge in [0.25, 0.3) is 5.91 Å². The van der Waals surface area contributed by atoms with Crippen molar-refractivity contribution in [2.24, 2.45) is 5.10 Å². The molecule has 8 nitrogen and oxygen atoms in total. The summed E-state index contributed by atoms with van der Waals surface area (Å²) in [5.41, 5.74) is 4.66. The standard InChI is InChI=1S/C23H23N3O5S/c1-31-22-14-18(8-13-21(22)27)15-24-25-23(28)19-9-11-20(12-10-19)26(32(2,29)30)16-17-6-4-3-5-7-17/h3-15,27H,16H2,1-2H3,(H,25,28)/b24-15-. The number of carbonyl (C=O) groups is 1. The zero-order chi connectivity index (χ0) is 23.1. The Morgan fingerprint density at radius 2 is 1.78 bits per heavy atom. The van der Waals surface area contributed by atoms with Crippen molar-refractivity contribution in [3.63, 3.8) is 0 Å². The lowest BCUT2D eigenvalue weighted by Gasteiger charge is -2.22. The monoisotopic (exact) mass is 453 g/mol. The molecule has 1 amide bonds. The molecule has 2 N–H and O–H groups in total. The number of anilines is 1. The number of benzene rings is 3. The first-order valence-corrected chi connectivity index (χ1v) is 11.4. The van der Waals surface area contributed by atoms with E-state index in [1.54, 1.807) is 24.3 Å². The molecule has 3 aromatic rings. The predicted octanol–water partition coefficient (Wildman–Crippen LogP) is 3.13. The molecule has 0 aliphatic carbocycles. The molecule has 0 aromatic heterocycles. The Morgan fingerprint density at radius 3 is 2.41 bits per heavy atom. The maximum absolute atomic E-state index is 12.4. The molecule has 0 aliphatic rings. The molecule has 0 radical (unpaired) electrons. The van der Waals surface area contributed by atoms with Gasteiger partial charge in [-0.05, 0) is 53.6 Å². The molecule has 3 aromatic carbocycles. The highest BCUT2D eigenvalue weighted by atomic mass is 32.2. The van der Waals surface area contributed by atoms with Gasteiger partial charge >= 0.3 is 0 Å². The Bertz CT molecular complexity index is 1210. The molecular formula is C23H23N3O5S. The van der Waals surface area contributed by atoms with Crippen LogP contribution < -0.4 is 14.5 Å². The van der Waals surface area contributed by atoms with Crippen LogP contribution in [0.3, 0.4) is 0 Å². The van der Waals surface area contributed by atoms with Gasteiger partial charge in [0.2, 0.25) is 10.0 Å². The number of nitrogens with zero attached hydrogens (tertiary/aromatic N) is 2. The number of nitrogens with one attached hydrogen (secondary N) is 1. The van der Waals surface area contributed by atoms with E-state index in [-0.39, 0.29) is 12.3 Å². The second-order valence-corrected chi connectivity index (χ2v) is 8.84. The van der Waals surface area contributed by atoms with Crippen LogP contribution in [0.15, 0.2) is 77.9 Å². The number of sulfonamides is 1. The topological polar surface area (TPSA) is 108 Å². The van der Waals surface area contributed by atoms with Gasteiger partial charge in [0.15, 0.2) is 11.5 Å². The van der Waals surface area contributed by atoms with Gasteiger partial charge in [0.1, 0.15) is 0 Å². The Morgan fingerprint density at radius 1 is 1.09 bits per heavy atom. The predicted molar refractivity (Wildman–Crippen MR) is 124 cm³/mol. The van der Waals surface area contributed by atoms with Gasteiger partial charge in [-0.25, -0.2) is 13.8 Å². The second-order valence-electron chi connectivity index (χ2n) is 6.93. The summed E-state index contributed by atoms with van der Waals surface area (Å²) in [7, 11) is -2.09. The van der Waals surface area contributed by atoms with E-state index in [2.05, 4.69) is 10.5 Å². The lowest BCUT2D eigenvalue weighted by molar-refractivity contribution is 0.0955. The van der Waals surface area contributed by atoms with Gasteiger partial charge in [0, 0.05) is 5.56 Å². The van der Waals surface area contributed by atoms with E-state index in [9.17, 15) is 18.3 Å². The van der Waals surface area contributed by atoms with Crippen LogP contribution in [0.1, 0.15) is 21.5 Å². The first-order valence-electron chi connectivity index (χ1n) is 9.60. The second kappa shape index (κ2) is 9.97. The third-order valence-corrected chi connectivity index (χ3v) is 5.71. The molecule has 0 heterocycles. The number of ether oxygens (including phenoxy) is 1. The summed E-state index contributed by atoms with van der Waals surface area (Å²) in [5.74, 6) is -0.154. The van der Waals surface area contributed by atoms with Crippen LogP contribution in [-0.2, 0) is 16.6 Å². The van der Waals surface area contributed by atoms with Crippen LogP contribution in [0.25, 0.3) is 0 Å². The van der Waals surface area contributed by atoms with Crippen LogP contribution in [0.2, 0.25) is 0 Å². The smallest absolute Gasteiger partial charge is 0.271 e. The maximum atomic E-state index is 12.4. The third kappa shape index (κ3) is 5.86. The molecule has 32 heavy (non-hydrogen) atoms. The SMILES string of the molecule is COc1cc(/C=N\NC(=O)c2ccc(N(Cc3ccccc3)S(C)(=O)=O)cc2)ccc1O. The molecule has 0 unspecified atom stereocenters. The van der Waals surface area contributed by atoms with Crippen LogP contribution in [-0.4, -0.2) is 39.0 Å². The van der Waals surface area contributed by atoms with Crippen molar-refractivity contribution in [2.75, 3.05) is 17.7 Å². The van der Waals surface area contributed by atoms with Crippen molar-refractivity contribution >= 4 is 27.8 Å². The Balaban J connectivity index is 1.70. The number of hydrogen-bond donors (Lipinski definition) is 2. The number of phenols is 1. The Labute approximate surface area is 186 Å². The van der Waals surface area contributed by atoms with Gasteiger partial charge in [-0.2, -0.15) is 5.10 Å². The summed E-state index contributed by atoms with van der Waals surface area (Å²) in [5, 5.41) is 13.5. The number of amides is 1. The first kappa shape index (κ1) is 22.8. The molecule has 0 saturated carbocycles. The van der Waals surface area contributed by atoms with Gasteiger partial charge in [-0.1, -0.05) is 30.3 Å². The summed E-state index contributed by atoms with van der Waals surface area (Å²) in [4.78, 5) is 12.4. The zero-order valence-electron chi connectivity index (χ0n) is 17.6. The van der Waals surface area contributed by atoms with Crippen molar-refractivity contribution in [3.8, 4) is 11.5 Å². The molecule has 0 atom stereocenters. The molecule has 0 bridgehead atoms. The average molecular weight is 454 g/mol. The normalized spacial score (nSPS) is 11.3. The summed E-state index contributed by atoms with van der Waals surface area (Å²) in [6.07, 6.45) is 2.56. The van der Waals surface area contributed by atoms with Crippen molar-refractivity contribution < 1.29 is 23.1 Å². The fourth-order valence-corrected chi connectivity index (χ4v) is 3.82. The minimum absolute atomic E-state index is 0.00387. The van der Waals surface area contributed by atoms with Gasteiger partial charge in [0.05, 0.1) is 31.8 Å². The van der Waals surface area contributed by atoms with E-state index in [4.69, 9.17) is 4.74 Å². The Hall–Kier alpha value is -3.85. The molecule has 166 valence electrons. The van der Waals surface area contributed by atoms with E-state index < -0.39 is 15.9 Å². The fourth-order valence-electron chi connectivity index (χ4n) is 2.93. The first-order chi connectivity index (χ1) is 15.3. The molecule has 3 rings (SSSR count). The number of aromatic hydroxyl groups is 1. The molecule has 0 spiro atoms. The van der Waals surface area contributed by atoms with Crippen molar-refractivity contribution in [1.82, 2.24) is 5.43 Å². The minimum atomic E-state index is -3.52. The van der Waals surface area contributed by atoms with Crippen LogP contribution >= 0.6 is 0 Å². The molecule has 0 aliphatic heterocycles. The minimum Gasteiger partial charge on any atom is -0.504 e. The third-order valence-electron chi connectivity index (χ3n) is 4.57. The fraction of sp³-hybridized carbons (Fsp3) is 0.130. The summed E-state index contributed by atoms with van der Waals surface area (Å²) in [6, 6.07) is 20.1. The van der Waals surface area contributed by atoms with E-state index in [0.29, 0.717) is 22.6 Å². The van der Waals surface area contributed by atoms with Crippen LogP contribution in [0, 0.1) is 0 Å². The highest BCUT2D eigenvalue weighted by Gasteiger charge is 2.18. The summed E-state index contributed by atoms with van der Waals surface area (Å²) >= 11 is 0. The largest absolute Gasteiger partial charge is 0.504 e. The highest BCUT2D eigenvalue weighted by Crippen LogP contribution is 2.25. The lowest BCUT2D eigenvalue weighted by Crippen LogP contribution is -2.29. The van der Waals surface area contributed by atoms with Crippen molar-refractivity contribution in [1.29, 1.82) is 0 Å². The molecular weight excluding hydrogens is 430 g/mol. The number of hydrazone groups is 1.